The van der Waals surface area contributed by atoms with E-state index in [2.05, 4.69) is 5.32 Å². The number of anilines is 1. The number of methoxy groups -OCH3 is 1. The van der Waals surface area contributed by atoms with Crippen molar-refractivity contribution < 1.29 is 38.1 Å². The normalized spacial score (nSPS) is 23.9. The van der Waals surface area contributed by atoms with Crippen LogP contribution in [0.2, 0.25) is 0 Å². The minimum absolute atomic E-state index is 0.0634. The molecule has 4 rings (SSSR count). The Morgan fingerprint density at radius 2 is 1.88 bits per heavy atom. The summed E-state index contributed by atoms with van der Waals surface area (Å²) < 4.78 is 29.5. The number of rotatable bonds is 5. The number of nitrogens with one attached hydrogen (secondary N) is 1. The van der Waals surface area contributed by atoms with Gasteiger partial charge in [-0.2, -0.15) is 0 Å². The SMILES string of the molecule is CCOC(=O)[C@@]1([C@H]2C(=O)Nc3ccccc32)OC(c2ccc(F)cc2)=C(C(=O)OC)[C@@H]1O. The lowest BCUT2D eigenvalue weighted by Gasteiger charge is -2.34. The second kappa shape index (κ2) is 8.08. The van der Waals surface area contributed by atoms with E-state index in [-0.39, 0.29) is 23.5 Å². The summed E-state index contributed by atoms with van der Waals surface area (Å²) in [7, 11) is 1.10. The molecule has 166 valence electrons. The Labute approximate surface area is 182 Å². The fourth-order valence-electron chi connectivity index (χ4n) is 4.11. The topological polar surface area (TPSA) is 111 Å². The van der Waals surface area contributed by atoms with Crippen LogP contribution in [0.1, 0.15) is 24.0 Å². The van der Waals surface area contributed by atoms with E-state index in [1.54, 1.807) is 31.2 Å². The quantitative estimate of drug-likeness (QED) is 0.684. The fraction of sp³-hybridized carbons (Fsp3) is 0.261. The van der Waals surface area contributed by atoms with Crippen LogP contribution in [0.5, 0.6) is 0 Å². The number of halogens is 1. The Morgan fingerprint density at radius 1 is 1.19 bits per heavy atom. The van der Waals surface area contributed by atoms with Crippen molar-refractivity contribution in [2.24, 2.45) is 0 Å². The van der Waals surface area contributed by atoms with Crippen molar-refractivity contribution >= 4 is 29.3 Å². The summed E-state index contributed by atoms with van der Waals surface area (Å²) in [4.78, 5) is 38.9. The van der Waals surface area contributed by atoms with Crippen LogP contribution < -0.4 is 5.32 Å². The zero-order chi connectivity index (χ0) is 23.0. The Kier molecular flexibility index (Phi) is 5.43. The van der Waals surface area contributed by atoms with E-state index in [0.29, 0.717) is 11.3 Å². The summed E-state index contributed by atoms with van der Waals surface area (Å²) in [6.45, 7) is 1.50. The molecule has 32 heavy (non-hydrogen) atoms. The fourth-order valence-corrected chi connectivity index (χ4v) is 4.11. The average Bonchev–Trinajstić information content (AvgIpc) is 3.28. The van der Waals surface area contributed by atoms with Crippen molar-refractivity contribution in [1.82, 2.24) is 0 Å². The van der Waals surface area contributed by atoms with Crippen LogP contribution in [0.3, 0.4) is 0 Å². The number of benzene rings is 2. The second-order valence-electron chi connectivity index (χ2n) is 7.27. The lowest BCUT2D eigenvalue weighted by Crippen LogP contribution is -2.56. The number of ether oxygens (including phenoxy) is 3. The molecule has 0 spiro atoms. The van der Waals surface area contributed by atoms with Crippen molar-refractivity contribution in [3.63, 3.8) is 0 Å². The van der Waals surface area contributed by atoms with E-state index in [1.807, 2.05) is 0 Å². The van der Waals surface area contributed by atoms with Crippen molar-refractivity contribution in [3.8, 4) is 0 Å². The molecule has 2 N–H and O–H groups in total. The van der Waals surface area contributed by atoms with E-state index >= 15 is 0 Å². The second-order valence-corrected chi connectivity index (χ2v) is 7.27. The van der Waals surface area contributed by atoms with Gasteiger partial charge in [-0.15, -0.1) is 0 Å². The van der Waals surface area contributed by atoms with Crippen LogP contribution >= 0.6 is 0 Å². The van der Waals surface area contributed by atoms with Gasteiger partial charge in [0, 0.05) is 11.3 Å². The van der Waals surface area contributed by atoms with E-state index < -0.39 is 41.3 Å². The number of amides is 1. The zero-order valence-corrected chi connectivity index (χ0v) is 17.3. The first-order chi connectivity index (χ1) is 15.3. The Morgan fingerprint density at radius 3 is 2.53 bits per heavy atom. The number of esters is 2. The molecule has 8 nitrogen and oxygen atoms in total. The largest absolute Gasteiger partial charge is 0.470 e. The van der Waals surface area contributed by atoms with Crippen molar-refractivity contribution in [2.75, 3.05) is 19.0 Å². The molecule has 2 aliphatic heterocycles. The lowest BCUT2D eigenvalue weighted by molar-refractivity contribution is -0.176. The van der Waals surface area contributed by atoms with Crippen LogP contribution in [-0.2, 0) is 28.6 Å². The molecule has 0 aromatic heterocycles. The van der Waals surface area contributed by atoms with Gasteiger partial charge >= 0.3 is 11.9 Å². The standard InChI is InChI=1S/C23H20FNO7/c1-3-31-22(29)23(17-14-6-4-5-7-15(14)25-20(17)27)19(26)16(21(28)30-2)18(32-23)12-8-10-13(24)11-9-12/h4-11,17,19,26H,3H2,1-2H3,(H,25,27)/t17-,19+,23+/m1/s1. The first-order valence-electron chi connectivity index (χ1n) is 9.87. The van der Waals surface area contributed by atoms with Crippen LogP contribution in [0.4, 0.5) is 10.1 Å². The van der Waals surface area contributed by atoms with Crippen LogP contribution in [-0.4, -0.2) is 48.4 Å². The molecule has 0 saturated heterocycles. The minimum Gasteiger partial charge on any atom is -0.470 e. The number of para-hydroxylation sites is 1. The number of aliphatic hydroxyl groups is 1. The van der Waals surface area contributed by atoms with Gasteiger partial charge in [0.05, 0.1) is 13.7 Å². The summed E-state index contributed by atoms with van der Waals surface area (Å²) in [5, 5.41) is 14.0. The van der Waals surface area contributed by atoms with Gasteiger partial charge in [0.15, 0.2) is 0 Å². The number of fused-ring (bicyclic) bond motifs is 1. The summed E-state index contributed by atoms with van der Waals surface area (Å²) in [6, 6.07) is 11.5. The van der Waals surface area contributed by atoms with Crippen LogP contribution in [0, 0.1) is 5.82 Å². The third-order valence-corrected chi connectivity index (χ3v) is 5.52. The monoisotopic (exact) mass is 441 g/mol. The summed E-state index contributed by atoms with van der Waals surface area (Å²) in [5.41, 5.74) is -1.63. The highest BCUT2D eigenvalue weighted by Crippen LogP contribution is 2.51. The smallest absolute Gasteiger partial charge is 0.354 e. The number of hydrogen-bond donors (Lipinski definition) is 2. The number of carbonyl (C=O) groups is 3. The van der Waals surface area contributed by atoms with Gasteiger partial charge < -0.3 is 24.6 Å². The van der Waals surface area contributed by atoms with Gasteiger partial charge in [-0.05, 0) is 42.8 Å². The molecule has 2 heterocycles. The molecule has 3 atom stereocenters. The number of aliphatic hydroxyl groups excluding tert-OH is 1. The molecule has 0 fully saturated rings. The molecule has 0 saturated carbocycles. The Balaban J connectivity index is 1.93. The molecular formula is C23H20FNO7. The first-order valence-corrected chi connectivity index (χ1v) is 9.87. The predicted octanol–water partition coefficient (Wildman–Crippen LogP) is 2.14. The predicted molar refractivity (Wildman–Crippen MR) is 110 cm³/mol. The van der Waals surface area contributed by atoms with Crippen molar-refractivity contribution in [2.45, 2.75) is 24.5 Å². The average molecular weight is 441 g/mol. The summed E-state index contributed by atoms with van der Waals surface area (Å²) in [5.74, 6) is -4.66. The maximum absolute atomic E-state index is 13.5. The first kappa shape index (κ1) is 21.5. The molecule has 2 aliphatic rings. The molecule has 0 radical (unpaired) electrons. The van der Waals surface area contributed by atoms with Gasteiger partial charge in [-0.25, -0.2) is 14.0 Å². The third-order valence-electron chi connectivity index (χ3n) is 5.52. The molecule has 1 amide bonds. The van der Waals surface area contributed by atoms with Crippen LogP contribution in [0.25, 0.3) is 5.76 Å². The van der Waals surface area contributed by atoms with Gasteiger partial charge in [-0.3, -0.25) is 4.79 Å². The molecule has 0 aliphatic carbocycles. The highest BCUT2D eigenvalue weighted by Gasteiger charge is 2.66. The maximum atomic E-state index is 13.5. The van der Waals surface area contributed by atoms with Crippen molar-refractivity contribution in [3.05, 3.63) is 71.0 Å². The molecule has 0 bridgehead atoms. The van der Waals surface area contributed by atoms with E-state index in [1.165, 1.54) is 12.1 Å². The van der Waals surface area contributed by atoms with E-state index in [0.717, 1.165) is 19.2 Å². The molecule has 2 aromatic carbocycles. The highest BCUT2D eigenvalue weighted by atomic mass is 19.1. The highest BCUT2D eigenvalue weighted by molar-refractivity contribution is 6.10. The Hall–Kier alpha value is -3.72. The maximum Gasteiger partial charge on any atom is 0.354 e. The summed E-state index contributed by atoms with van der Waals surface area (Å²) in [6.07, 6.45) is -1.91. The summed E-state index contributed by atoms with van der Waals surface area (Å²) >= 11 is 0. The molecule has 2 aromatic rings. The Bertz CT molecular complexity index is 1130. The number of carbonyl (C=O) groups excluding carboxylic acids is 3. The number of hydrogen-bond acceptors (Lipinski definition) is 7. The van der Waals surface area contributed by atoms with Crippen LogP contribution in [0.15, 0.2) is 54.1 Å². The molecule has 9 heteroatoms. The van der Waals surface area contributed by atoms with Crippen molar-refractivity contribution in [1.29, 1.82) is 0 Å². The lowest BCUT2D eigenvalue weighted by atomic mass is 9.77. The zero-order valence-electron chi connectivity index (χ0n) is 17.3. The van der Waals surface area contributed by atoms with E-state index in [9.17, 15) is 23.9 Å². The van der Waals surface area contributed by atoms with Gasteiger partial charge in [0.1, 0.15) is 29.2 Å². The van der Waals surface area contributed by atoms with Gasteiger partial charge in [0.25, 0.3) is 5.60 Å². The third kappa shape index (κ3) is 3.13. The van der Waals surface area contributed by atoms with E-state index in [4.69, 9.17) is 14.2 Å². The molecule has 0 unspecified atom stereocenters. The van der Waals surface area contributed by atoms with Gasteiger partial charge in [0.2, 0.25) is 5.91 Å². The van der Waals surface area contributed by atoms with Gasteiger partial charge in [-0.1, -0.05) is 18.2 Å². The molecular weight excluding hydrogens is 421 g/mol. The minimum atomic E-state index is -2.31.